The summed E-state index contributed by atoms with van der Waals surface area (Å²) in [5.74, 6) is -2.06. The summed E-state index contributed by atoms with van der Waals surface area (Å²) in [4.78, 5) is -2.51. The molecule has 122 valence electrons. The van der Waals surface area contributed by atoms with E-state index >= 15 is 0 Å². The molecule has 1 aromatic carbocycles. The van der Waals surface area contributed by atoms with Gasteiger partial charge in [0.05, 0.1) is 13.2 Å². The molecule has 0 saturated carbocycles. The Labute approximate surface area is 123 Å². The van der Waals surface area contributed by atoms with Crippen molar-refractivity contribution in [3.63, 3.8) is 0 Å². The first-order valence-electron chi connectivity index (χ1n) is 5.90. The lowest BCUT2D eigenvalue weighted by atomic mass is 10.1. The number of benzene rings is 1. The van der Waals surface area contributed by atoms with Gasteiger partial charge in [-0.05, 0) is 18.2 Å². The number of thiol groups is 1. The van der Waals surface area contributed by atoms with Gasteiger partial charge >= 0.3 is 10.2 Å². The Morgan fingerprint density at radius 2 is 1.86 bits per heavy atom. The summed E-state index contributed by atoms with van der Waals surface area (Å²) in [6.45, 7) is 0.978. The lowest BCUT2D eigenvalue weighted by molar-refractivity contribution is 0.188. The summed E-state index contributed by atoms with van der Waals surface area (Å²) < 4.78 is 81.7. The second kappa shape index (κ2) is 4.63. The summed E-state index contributed by atoms with van der Waals surface area (Å²) in [6.07, 6.45) is 0. The predicted molar refractivity (Wildman–Crippen MR) is 73.4 cm³/mol. The molecule has 0 amide bonds. The van der Waals surface area contributed by atoms with Crippen LogP contribution in [0, 0.1) is 11.7 Å². The normalized spacial score (nSPS) is 26.2. The summed E-state index contributed by atoms with van der Waals surface area (Å²) in [5, 5.41) is 2.49. The minimum absolute atomic E-state index is 0.0678. The molecule has 1 heterocycles. The van der Waals surface area contributed by atoms with Crippen molar-refractivity contribution in [1.29, 1.82) is 0 Å². The molecule has 0 bridgehead atoms. The van der Waals surface area contributed by atoms with Gasteiger partial charge < -0.3 is 10.1 Å². The maximum absolute atomic E-state index is 13.1. The van der Waals surface area contributed by atoms with Gasteiger partial charge in [0.1, 0.15) is 10.7 Å². The highest BCUT2D eigenvalue weighted by molar-refractivity contribution is 8.45. The molecule has 0 radical (unpaired) electrons. The van der Waals surface area contributed by atoms with Gasteiger partial charge in [-0.15, -0.1) is 0 Å². The van der Waals surface area contributed by atoms with Crippen molar-refractivity contribution in [3.8, 4) is 0 Å². The molecule has 1 aromatic rings. The first kappa shape index (κ1) is 16.6. The fourth-order valence-corrected chi connectivity index (χ4v) is 3.02. The Morgan fingerprint density at radius 3 is 2.38 bits per heavy atom. The minimum atomic E-state index is -10.0. The zero-order valence-corrected chi connectivity index (χ0v) is 12.3. The van der Waals surface area contributed by atoms with Crippen LogP contribution < -0.4 is 5.32 Å². The average molecular weight is 353 g/mol. The van der Waals surface area contributed by atoms with Crippen molar-refractivity contribution in [3.05, 3.63) is 24.0 Å². The van der Waals surface area contributed by atoms with Crippen LogP contribution in [0.1, 0.15) is 0 Å². The van der Waals surface area contributed by atoms with Crippen LogP contribution in [0.5, 0.6) is 0 Å². The number of ether oxygens (including phenoxy) is 1. The van der Waals surface area contributed by atoms with E-state index in [4.69, 9.17) is 4.74 Å². The molecular formula is C11H13F6NOS2. The van der Waals surface area contributed by atoms with Gasteiger partial charge in [0, 0.05) is 23.4 Å². The van der Waals surface area contributed by atoms with Crippen LogP contribution in [0.4, 0.5) is 29.5 Å². The summed E-state index contributed by atoms with van der Waals surface area (Å²) in [5.41, 5.74) is -0.230. The molecule has 0 aromatic heterocycles. The van der Waals surface area contributed by atoms with Crippen molar-refractivity contribution in [2.75, 3.05) is 25.1 Å². The molecular weight excluding hydrogens is 340 g/mol. The number of hydrogen-bond acceptors (Lipinski definition) is 3. The molecule has 1 fully saturated rings. The smallest absolute Gasteiger partial charge is 0.313 e. The molecule has 1 N–H and O–H groups in total. The fraction of sp³-hybridized carbons (Fsp3) is 0.455. The quantitative estimate of drug-likeness (QED) is 0.597. The van der Waals surface area contributed by atoms with Crippen LogP contribution >= 0.6 is 22.9 Å². The van der Waals surface area contributed by atoms with E-state index in [-0.39, 0.29) is 29.5 Å². The van der Waals surface area contributed by atoms with E-state index in [2.05, 4.69) is 17.9 Å². The molecule has 21 heavy (non-hydrogen) atoms. The van der Waals surface area contributed by atoms with Crippen molar-refractivity contribution in [2.45, 2.75) is 10.1 Å². The van der Waals surface area contributed by atoms with Gasteiger partial charge in [-0.1, -0.05) is 19.4 Å². The monoisotopic (exact) mass is 353 g/mol. The molecule has 0 aliphatic carbocycles. The van der Waals surface area contributed by atoms with Crippen LogP contribution in [-0.2, 0) is 4.74 Å². The first-order chi connectivity index (χ1) is 9.36. The first-order valence-corrected chi connectivity index (χ1v) is 8.37. The lowest BCUT2D eigenvalue weighted by Crippen LogP contribution is -2.22. The van der Waals surface area contributed by atoms with E-state index in [1.165, 1.54) is 0 Å². The second-order valence-electron chi connectivity index (χ2n) is 4.86. The molecule has 2 rings (SSSR count). The Hall–Kier alpha value is -0.740. The molecule has 2 nitrogen and oxygen atoms in total. The van der Waals surface area contributed by atoms with E-state index in [9.17, 15) is 23.8 Å². The van der Waals surface area contributed by atoms with Crippen molar-refractivity contribution in [1.82, 2.24) is 0 Å². The Morgan fingerprint density at radius 1 is 1.19 bits per heavy atom. The largest absolute Gasteiger partial charge is 0.385 e. The average Bonchev–Trinajstić information content (AvgIpc) is 2.70. The van der Waals surface area contributed by atoms with E-state index in [1.54, 1.807) is 0 Å². The van der Waals surface area contributed by atoms with Crippen LogP contribution in [0.15, 0.2) is 23.1 Å². The van der Waals surface area contributed by atoms with Crippen LogP contribution in [0.25, 0.3) is 0 Å². The Balaban J connectivity index is 2.20. The molecule has 2 unspecified atom stereocenters. The highest BCUT2D eigenvalue weighted by atomic mass is 32.5. The molecule has 1 aliphatic heterocycles. The van der Waals surface area contributed by atoms with Crippen molar-refractivity contribution >= 4 is 28.5 Å². The maximum atomic E-state index is 13.1. The number of nitrogens with one attached hydrogen (secondary N) is 1. The summed E-state index contributed by atoms with van der Waals surface area (Å²) in [6, 6.07) is 1.45. The van der Waals surface area contributed by atoms with Crippen molar-refractivity contribution in [2.24, 2.45) is 5.92 Å². The third kappa shape index (κ3) is 4.13. The zero-order chi connectivity index (χ0) is 16.0. The highest BCUT2D eigenvalue weighted by Gasteiger charge is 2.67. The number of rotatable bonds is 4. The third-order valence-electron chi connectivity index (χ3n) is 3.08. The van der Waals surface area contributed by atoms with Crippen molar-refractivity contribution < 1.29 is 28.6 Å². The van der Waals surface area contributed by atoms with Gasteiger partial charge in [0.15, 0.2) is 0 Å². The van der Waals surface area contributed by atoms with Gasteiger partial charge in [-0.2, -0.15) is 12.6 Å². The third-order valence-corrected chi connectivity index (χ3v) is 4.79. The molecule has 10 heteroatoms. The lowest BCUT2D eigenvalue weighted by Gasteiger charge is -2.40. The number of halogens is 6. The fourth-order valence-electron chi connectivity index (χ4n) is 1.94. The highest BCUT2D eigenvalue weighted by Crippen LogP contribution is 3.02. The van der Waals surface area contributed by atoms with Gasteiger partial charge in [-0.25, -0.2) is 4.39 Å². The second-order valence-corrected chi connectivity index (χ2v) is 7.90. The summed E-state index contributed by atoms with van der Waals surface area (Å²) >= 11 is 4.22. The summed E-state index contributed by atoms with van der Waals surface area (Å²) in [7, 11) is -10.0. The Bertz CT molecular complexity index is 549. The van der Waals surface area contributed by atoms with Gasteiger partial charge in [0.2, 0.25) is 0 Å². The van der Waals surface area contributed by atoms with E-state index in [0.29, 0.717) is 19.3 Å². The van der Waals surface area contributed by atoms with E-state index in [0.717, 1.165) is 6.07 Å². The zero-order valence-electron chi connectivity index (χ0n) is 10.5. The molecule has 1 aliphatic rings. The number of hydrogen-bond donors (Lipinski definition) is 2. The van der Waals surface area contributed by atoms with Gasteiger partial charge in [-0.3, -0.25) is 0 Å². The molecule has 0 spiro atoms. The molecule has 1 saturated heterocycles. The predicted octanol–water partition coefficient (Wildman–Crippen LogP) is 4.84. The van der Waals surface area contributed by atoms with E-state index in [1.807, 2.05) is 0 Å². The topological polar surface area (TPSA) is 21.3 Å². The van der Waals surface area contributed by atoms with Crippen LogP contribution in [0.3, 0.4) is 0 Å². The standard InChI is InChI=1S/C11H13F6NOS2/c12-9-2-1-8(3-11(9)21(13,14,15,16)17)18-4-7-5-19-6-10(7)20/h1-3,7,10,18,20H,4-6H2. The van der Waals surface area contributed by atoms with E-state index < -0.39 is 20.9 Å². The van der Waals surface area contributed by atoms with Crippen LogP contribution in [-0.4, -0.2) is 25.0 Å². The number of anilines is 1. The van der Waals surface area contributed by atoms with Crippen LogP contribution in [0.2, 0.25) is 0 Å². The minimum Gasteiger partial charge on any atom is -0.385 e. The van der Waals surface area contributed by atoms with Gasteiger partial charge in [0.25, 0.3) is 0 Å². The maximum Gasteiger partial charge on any atom is 0.313 e. The molecule has 2 atom stereocenters. The Kier molecular flexibility index (Phi) is 3.66. The SMILES string of the molecule is Fc1ccc(NCC2COCC2S)cc1S(F)(F)(F)(F)F.